The molecule has 0 spiro atoms. The second-order valence-electron chi connectivity index (χ2n) is 1.93. The Balaban J connectivity index is 0.000000112. The minimum Gasteiger partial charge on any atom is -0.379 e. The molecule has 1 fully saturated rings. The maximum atomic E-state index is 5.01. The molecule has 0 amide bonds. The number of hydrogen-bond donors (Lipinski definition) is 2. The first-order valence-corrected chi connectivity index (χ1v) is 3.45. The zero-order chi connectivity index (χ0) is 7.78. The highest BCUT2D eigenvalue weighted by atomic mass is 16.5. The molecule has 0 bridgehead atoms. The molecule has 1 aromatic rings. The molecule has 1 aliphatic heterocycles. The smallest absolute Gasteiger partial charge is 0.135 e. The van der Waals surface area contributed by atoms with E-state index in [1.165, 1.54) is 6.33 Å². The fraction of sp³-hybridized carbons (Fsp3) is 0.800. The Morgan fingerprint density at radius 3 is 2.27 bits per heavy atom. The normalized spacial score (nSPS) is 16.7. The van der Waals surface area contributed by atoms with Crippen molar-refractivity contribution in [2.24, 2.45) is 0 Å². The quantitative estimate of drug-likeness (QED) is 0.495. The molecule has 0 aromatic carbocycles. The Kier molecular flexibility index (Phi) is 4.23. The molecule has 0 radical (unpaired) electrons. The largest absolute Gasteiger partial charge is 0.379 e. The molecule has 62 valence electrons. The van der Waals surface area contributed by atoms with Crippen molar-refractivity contribution in [1.29, 1.82) is 0 Å². The fourth-order valence-electron chi connectivity index (χ4n) is 0.645. The molecule has 0 saturated carbocycles. The number of aromatic nitrogens is 4. The molecule has 0 atom stereocenters. The second-order valence-corrected chi connectivity index (χ2v) is 1.93. The van der Waals surface area contributed by atoms with Crippen molar-refractivity contribution >= 4 is 0 Å². The lowest BCUT2D eigenvalue weighted by Gasteiger charge is -2.10. The van der Waals surface area contributed by atoms with Crippen molar-refractivity contribution in [3.8, 4) is 0 Å². The molecule has 6 nitrogen and oxygen atoms in total. The number of nitrogens with one attached hydrogen (secondary N) is 2. The Labute approximate surface area is 64.3 Å². The van der Waals surface area contributed by atoms with E-state index in [0.29, 0.717) is 0 Å². The van der Waals surface area contributed by atoms with Gasteiger partial charge in [0, 0.05) is 13.1 Å². The van der Waals surface area contributed by atoms with Crippen LogP contribution in [0.15, 0.2) is 6.33 Å². The van der Waals surface area contributed by atoms with E-state index in [-0.39, 0.29) is 0 Å². The lowest BCUT2D eigenvalue weighted by atomic mass is 10.5. The summed E-state index contributed by atoms with van der Waals surface area (Å²) < 4.78 is 5.01. The minimum atomic E-state index is 0.889. The summed E-state index contributed by atoms with van der Waals surface area (Å²) in [5.41, 5.74) is 0. The lowest BCUT2D eigenvalue weighted by molar-refractivity contribution is 0.109. The summed E-state index contributed by atoms with van der Waals surface area (Å²) in [6.45, 7) is 3.83. The van der Waals surface area contributed by atoms with Crippen LogP contribution >= 0.6 is 0 Å². The van der Waals surface area contributed by atoms with Gasteiger partial charge in [-0.25, -0.2) is 5.10 Å². The van der Waals surface area contributed by atoms with Crippen LogP contribution in [0.4, 0.5) is 0 Å². The summed E-state index contributed by atoms with van der Waals surface area (Å²) in [6.07, 6.45) is 1.40. The SMILES string of the molecule is C1COCCN1.c1nnn[nH]1. The maximum absolute atomic E-state index is 5.01. The van der Waals surface area contributed by atoms with Gasteiger partial charge in [0.2, 0.25) is 0 Å². The van der Waals surface area contributed by atoms with Gasteiger partial charge in [-0.05, 0) is 10.4 Å². The van der Waals surface area contributed by atoms with Crippen LogP contribution in [0, 0.1) is 0 Å². The number of rotatable bonds is 0. The van der Waals surface area contributed by atoms with Gasteiger partial charge in [-0.3, -0.25) is 0 Å². The predicted octanol–water partition coefficient (Wildman–Crippen LogP) is -1.19. The van der Waals surface area contributed by atoms with Gasteiger partial charge in [0.15, 0.2) is 0 Å². The van der Waals surface area contributed by atoms with Gasteiger partial charge in [0.1, 0.15) is 6.33 Å². The van der Waals surface area contributed by atoms with Gasteiger partial charge >= 0.3 is 0 Å². The fourth-order valence-corrected chi connectivity index (χ4v) is 0.645. The molecule has 6 heteroatoms. The van der Waals surface area contributed by atoms with Gasteiger partial charge in [-0.1, -0.05) is 0 Å². The first-order valence-electron chi connectivity index (χ1n) is 3.45. The van der Waals surface area contributed by atoms with E-state index in [4.69, 9.17) is 4.74 Å². The van der Waals surface area contributed by atoms with Crippen LogP contribution in [-0.4, -0.2) is 46.9 Å². The highest BCUT2D eigenvalue weighted by Crippen LogP contribution is 1.76. The van der Waals surface area contributed by atoms with Crippen LogP contribution < -0.4 is 5.32 Å². The molecule has 0 unspecified atom stereocenters. The van der Waals surface area contributed by atoms with E-state index in [2.05, 4.69) is 25.9 Å². The maximum Gasteiger partial charge on any atom is 0.135 e. The Morgan fingerprint density at radius 1 is 1.27 bits per heavy atom. The lowest BCUT2D eigenvalue weighted by Crippen LogP contribution is -2.30. The van der Waals surface area contributed by atoms with Crippen LogP contribution in [0.3, 0.4) is 0 Å². The average Bonchev–Trinajstić information content (AvgIpc) is 2.64. The Bertz CT molecular complexity index is 121. The Morgan fingerprint density at radius 2 is 2.09 bits per heavy atom. The number of H-pyrrole nitrogens is 1. The van der Waals surface area contributed by atoms with Crippen molar-refractivity contribution in [1.82, 2.24) is 25.9 Å². The number of hydrogen-bond acceptors (Lipinski definition) is 5. The average molecular weight is 157 g/mol. The number of ether oxygens (including phenoxy) is 1. The first kappa shape index (κ1) is 8.09. The van der Waals surface area contributed by atoms with Crippen LogP contribution in [0.5, 0.6) is 0 Å². The van der Waals surface area contributed by atoms with E-state index in [1.54, 1.807) is 0 Å². The van der Waals surface area contributed by atoms with Crippen LogP contribution in [0.2, 0.25) is 0 Å². The van der Waals surface area contributed by atoms with Gasteiger partial charge in [0.25, 0.3) is 0 Å². The molecule has 2 heterocycles. The molecular weight excluding hydrogens is 146 g/mol. The van der Waals surface area contributed by atoms with Crippen molar-refractivity contribution < 1.29 is 4.74 Å². The summed E-state index contributed by atoms with van der Waals surface area (Å²) in [6, 6.07) is 0. The van der Waals surface area contributed by atoms with Crippen molar-refractivity contribution in [2.45, 2.75) is 0 Å². The molecule has 2 rings (SSSR count). The van der Waals surface area contributed by atoms with Crippen molar-refractivity contribution in [3.63, 3.8) is 0 Å². The summed E-state index contributed by atoms with van der Waals surface area (Å²) in [5.74, 6) is 0. The number of nitrogens with zero attached hydrogens (tertiary/aromatic N) is 3. The third-order valence-electron chi connectivity index (χ3n) is 1.12. The van der Waals surface area contributed by atoms with Crippen LogP contribution in [0.25, 0.3) is 0 Å². The molecule has 11 heavy (non-hydrogen) atoms. The predicted molar refractivity (Wildman–Crippen MR) is 37.9 cm³/mol. The molecular formula is C5H11N5O. The molecule has 2 N–H and O–H groups in total. The molecule has 1 aromatic heterocycles. The standard InChI is InChI=1S/C4H9NO.CH2N4/c1-3-6-4-2-5-1;1-2-4-5-3-1/h5H,1-4H2;1H,(H,2,3,4,5). The molecule has 1 aliphatic rings. The topological polar surface area (TPSA) is 75.7 Å². The first-order chi connectivity index (χ1) is 5.50. The highest BCUT2D eigenvalue weighted by Gasteiger charge is 1.92. The van der Waals surface area contributed by atoms with Gasteiger partial charge in [0.05, 0.1) is 13.2 Å². The van der Waals surface area contributed by atoms with E-state index >= 15 is 0 Å². The zero-order valence-electron chi connectivity index (χ0n) is 6.16. The zero-order valence-corrected chi connectivity index (χ0v) is 6.16. The molecule has 1 saturated heterocycles. The van der Waals surface area contributed by atoms with E-state index < -0.39 is 0 Å². The third kappa shape index (κ3) is 4.40. The Hall–Kier alpha value is -1.01. The third-order valence-corrected chi connectivity index (χ3v) is 1.12. The van der Waals surface area contributed by atoms with Crippen molar-refractivity contribution in [3.05, 3.63) is 6.33 Å². The van der Waals surface area contributed by atoms with Crippen LogP contribution in [-0.2, 0) is 4.74 Å². The minimum absolute atomic E-state index is 0.889. The molecule has 0 aliphatic carbocycles. The van der Waals surface area contributed by atoms with E-state index in [9.17, 15) is 0 Å². The summed E-state index contributed by atoms with van der Waals surface area (Å²) in [5, 5.41) is 15.3. The highest BCUT2D eigenvalue weighted by molar-refractivity contribution is 4.49. The monoisotopic (exact) mass is 157 g/mol. The second kappa shape index (κ2) is 5.75. The summed E-state index contributed by atoms with van der Waals surface area (Å²) >= 11 is 0. The van der Waals surface area contributed by atoms with Gasteiger partial charge < -0.3 is 10.1 Å². The van der Waals surface area contributed by atoms with Gasteiger partial charge in [-0.2, -0.15) is 0 Å². The van der Waals surface area contributed by atoms with Crippen LogP contribution in [0.1, 0.15) is 0 Å². The summed E-state index contributed by atoms with van der Waals surface area (Å²) in [4.78, 5) is 0. The number of aromatic amines is 1. The van der Waals surface area contributed by atoms with E-state index in [1.807, 2.05) is 0 Å². The number of tetrazole rings is 1. The summed E-state index contributed by atoms with van der Waals surface area (Å²) in [7, 11) is 0. The number of morpholine rings is 1. The van der Waals surface area contributed by atoms with E-state index in [0.717, 1.165) is 26.3 Å². The van der Waals surface area contributed by atoms with Crippen molar-refractivity contribution in [2.75, 3.05) is 26.3 Å². The van der Waals surface area contributed by atoms with Gasteiger partial charge in [-0.15, -0.1) is 5.10 Å².